The predicted molar refractivity (Wildman–Crippen MR) is 99.6 cm³/mol. The van der Waals surface area contributed by atoms with Crippen LogP contribution in [0.25, 0.3) is 27.4 Å². The zero-order valence-corrected chi connectivity index (χ0v) is 16.3. The summed E-state index contributed by atoms with van der Waals surface area (Å²) in [4.78, 5) is 11.2. The van der Waals surface area contributed by atoms with Gasteiger partial charge in [0.2, 0.25) is 5.82 Å². The molecular formula is C17H14ClF3N6S. The summed E-state index contributed by atoms with van der Waals surface area (Å²) in [7, 11) is 1.40. The molecule has 4 aromatic rings. The topological polar surface area (TPSA) is 60.9 Å². The largest absolute Gasteiger partial charge is 0.436 e. The highest BCUT2D eigenvalue weighted by atomic mass is 35.5. The molecule has 0 aromatic carbocycles. The zero-order valence-electron chi connectivity index (χ0n) is 14.7. The lowest BCUT2D eigenvalue weighted by atomic mass is 10.1. The number of alkyl halides is 3. The van der Waals surface area contributed by atoms with Crippen LogP contribution >= 0.6 is 22.9 Å². The highest BCUT2D eigenvalue weighted by Crippen LogP contribution is 2.40. The van der Waals surface area contributed by atoms with Gasteiger partial charge in [-0.15, -0.1) is 16.4 Å². The van der Waals surface area contributed by atoms with Gasteiger partial charge >= 0.3 is 6.18 Å². The van der Waals surface area contributed by atoms with Crippen LogP contribution in [-0.2, 0) is 26.1 Å². The maximum Gasteiger partial charge on any atom is 0.436 e. The van der Waals surface area contributed by atoms with Crippen molar-refractivity contribution in [3.8, 4) is 11.5 Å². The van der Waals surface area contributed by atoms with E-state index in [-0.39, 0.29) is 11.5 Å². The van der Waals surface area contributed by atoms with Gasteiger partial charge in [-0.2, -0.15) is 18.3 Å². The van der Waals surface area contributed by atoms with E-state index in [4.69, 9.17) is 11.6 Å². The molecule has 0 unspecified atom stereocenters. The molecule has 1 aliphatic carbocycles. The van der Waals surface area contributed by atoms with Gasteiger partial charge in [-0.3, -0.25) is 4.68 Å². The zero-order chi connectivity index (χ0) is 19.6. The number of hydrogen-bond donors (Lipinski definition) is 0. The Morgan fingerprint density at radius 1 is 1.14 bits per heavy atom. The summed E-state index contributed by atoms with van der Waals surface area (Å²) in [5.74, 6) is 0.0957. The average Bonchev–Trinajstić information content (AvgIpc) is 3.22. The van der Waals surface area contributed by atoms with Crippen molar-refractivity contribution in [2.75, 3.05) is 0 Å². The Morgan fingerprint density at radius 3 is 2.68 bits per heavy atom. The van der Waals surface area contributed by atoms with Gasteiger partial charge in [0, 0.05) is 11.9 Å². The summed E-state index contributed by atoms with van der Waals surface area (Å²) < 4.78 is 42.0. The van der Waals surface area contributed by atoms with Crippen molar-refractivity contribution in [1.29, 1.82) is 0 Å². The number of rotatable bonds is 1. The quantitative estimate of drug-likeness (QED) is 0.415. The van der Waals surface area contributed by atoms with Crippen molar-refractivity contribution in [2.24, 2.45) is 7.05 Å². The maximum atomic E-state index is 13.1. The highest BCUT2D eigenvalue weighted by molar-refractivity contribution is 7.19. The van der Waals surface area contributed by atoms with Crippen LogP contribution in [0.15, 0.2) is 6.33 Å². The molecule has 0 radical (unpaired) electrons. The number of aromatic nitrogens is 6. The Kier molecular flexibility index (Phi) is 3.92. The first-order chi connectivity index (χ1) is 13.3. The van der Waals surface area contributed by atoms with Crippen LogP contribution in [0, 0.1) is 0 Å². The molecule has 0 fully saturated rings. The minimum Gasteiger partial charge on any atom is -0.262 e. The number of fused-ring (bicyclic) bond motifs is 5. The lowest BCUT2D eigenvalue weighted by Crippen LogP contribution is -2.07. The van der Waals surface area contributed by atoms with Crippen LogP contribution in [0.2, 0.25) is 5.02 Å². The van der Waals surface area contributed by atoms with Gasteiger partial charge in [0.1, 0.15) is 21.9 Å². The molecule has 0 aliphatic heterocycles. The fraction of sp³-hybridized carbons (Fsp3) is 0.412. The van der Waals surface area contributed by atoms with Crippen LogP contribution < -0.4 is 0 Å². The van der Waals surface area contributed by atoms with Gasteiger partial charge in [0.05, 0.1) is 5.39 Å². The normalized spacial score (nSPS) is 15.3. The molecular weight excluding hydrogens is 413 g/mol. The summed E-state index contributed by atoms with van der Waals surface area (Å²) in [5, 5.41) is 8.30. The summed E-state index contributed by atoms with van der Waals surface area (Å²) in [6.45, 7) is 0. The van der Waals surface area contributed by atoms with Crippen molar-refractivity contribution in [1.82, 2.24) is 29.4 Å². The third kappa shape index (κ3) is 2.61. The van der Waals surface area contributed by atoms with Gasteiger partial charge in [0.15, 0.2) is 11.3 Å². The molecule has 0 N–H and O–H groups in total. The molecule has 1 aliphatic rings. The predicted octanol–water partition coefficient (Wildman–Crippen LogP) is 4.68. The molecule has 146 valence electrons. The molecule has 4 aromatic heterocycles. The van der Waals surface area contributed by atoms with Crippen LogP contribution in [-0.4, -0.2) is 29.4 Å². The minimum absolute atomic E-state index is 0.0344. The molecule has 6 nitrogen and oxygen atoms in total. The third-order valence-electron chi connectivity index (χ3n) is 5.01. The molecule has 0 atom stereocenters. The monoisotopic (exact) mass is 426 g/mol. The fourth-order valence-corrected chi connectivity index (χ4v) is 5.33. The standard InChI is InChI=1S/C17H14ClF3N6S/c1-26-12(11(18)13(24-26)17(19,20)21)14-23-15-10-8-5-3-2-4-6-9(8)28-16(10)22-7-27(15)25-14/h7H,2-6H2,1H3. The van der Waals surface area contributed by atoms with Crippen molar-refractivity contribution in [3.63, 3.8) is 0 Å². The Balaban J connectivity index is 1.74. The van der Waals surface area contributed by atoms with Crippen molar-refractivity contribution in [2.45, 2.75) is 38.3 Å². The van der Waals surface area contributed by atoms with Gasteiger partial charge in [-0.1, -0.05) is 18.0 Å². The van der Waals surface area contributed by atoms with E-state index in [0.29, 0.717) is 5.65 Å². The first kappa shape index (κ1) is 17.9. The van der Waals surface area contributed by atoms with Crippen molar-refractivity contribution in [3.05, 3.63) is 27.5 Å². The number of thiophene rings is 1. The number of nitrogens with zero attached hydrogens (tertiary/aromatic N) is 6. The van der Waals surface area contributed by atoms with Crippen LogP contribution in [0.3, 0.4) is 0 Å². The van der Waals surface area contributed by atoms with Crippen LogP contribution in [0.4, 0.5) is 13.2 Å². The van der Waals surface area contributed by atoms with E-state index in [9.17, 15) is 13.2 Å². The first-order valence-corrected chi connectivity index (χ1v) is 9.99. The summed E-state index contributed by atoms with van der Waals surface area (Å²) in [6, 6.07) is 0. The smallest absolute Gasteiger partial charge is 0.262 e. The fourth-order valence-electron chi connectivity index (χ4n) is 3.75. The molecule has 0 spiro atoms. The Morgan fingerprint density at radius 2 is 1.93 bits per heavy atom. The maximum absolute atomic E-state index is 13.1. The van der Waals surface area contributed by atoms with Crippen molar-refractivity contribution < 1.29 is 13.2 Å². The molecule has 0 bridgehead atoms. The van der Waals surface area contributed by atoms with Crippen LogP contribution in [0.5, 0.6) is 0 Å². The summed E-state index contributed by atoms with van der Waals surface area (Å²) in [6.07, 6.45) is 2.30. The number of aryl methyl sites for hydroxylation is 3. The van der Waals surface area contributed by atoms with Gasteiger partial charge in [-0.05, 0) is 31.2 Å². The van der Waals surface area contributed by atoms with Crippen molar-refractivity contribution >= 4 is 38.8 Å². The molecule has 28 heavy (non-hydrogen) atoms. The van der Waals surface area contributed by atoms with E-state index >= 15 is 0 Å². The number of hydrogen-bond acceptors (Lipinski definition) is 5. The average molecular weight is 427 g/mol. The Labute approximate surface area is 166 Å². The van der Waals surface area contributed by atoms with Gasteiger partial charge < -0.3 is 0 Å². The van der Waals surface area contributed by atoms with E-state index < -0.39 is 16.9 Å². The number of halogens is 4. The summed E-state index contributed by atoms with van der Waals surface area (Å²) in [5.41, 5.74) is 0.720. The van der Waals surface area contributed by atoms with E-state index in [1.165, 1.54) is 28.4 Å². The molecule has 11 heteroatoms. The molecule has 0 amide bonds. The lowest BCUT2D eigenvalue weighted by Gasteiger charge is -2.00. The summed E-state index contributed by atoms with van der Waals surface area (Å²) >= 11 is 7.67. The Bertz CT molecular complexity index is 1220. The highest BCUT2D eigenvalue weighted by Gasteiger charge is 2.39. The first-order valence-electron chi connectivity index (χ1n) is 8.80. The second-order valence-electron chi connectivity index (χ2n) is 6.83. The molecule has 0 saturated heterocycles. The second kappa shape index (κ2) is 6.15. The van der Waals surface area contributed by atoms with Crippen LogP contribution in [0.1, 0.15) is 35.4 Å². The van der Waals surface area contributed by atoms with E-state index in [2.05, 4.69) is 20.2 Å². The second-order valence-corrected chi connectivity index (χ2v) is 8.29. The van der Waals surface area contributed by atoms with E-state index in [1.807, 2.05) is 0 Å². The third-order valence-corrected chi connectivity index (χ3v) is 6.57. The molecule has 4 heterocycles. The van der Waals surface area contributed by atoms with Gasteiger partial charge in [0.25, 0.3) is 0 Å². The van der Waals surface area contributed by atoms with Gasteiger partial charge in [-0.25, -0.2) is 14.5 Å². The van der Waals surface area contributed by atoms with E-state index in [0.717, 1.165) is 40.6 Å². The lowest BCUT2D eigenvalue weighted by molar-refractivity contribution is -0.141. The minimum atomic E-state index is -4.65. The Hall–Kier alpha value is -2.20. The molecule has 5 rings (SSSR count). The van der Waals surface area contributed by atoms with E-state index in [1.54, 1.807) is 17.7 Å². The molecule has 0 saturated carbocycles. The SMILES string of the molecule is Cn1nc(C(F)(F)F)c(Cl)c1-c1nc2c3c4c(sc3ncn2n1)CCCCC4.